The molecule has 0 bridgehead atoms. The summed E-state index contributed by atoms with van der Waals surface area (Å²) >= 11 is 0. The molecular formula is C12H21N3O3. The molecule has 0 saturated carbocycles. The predicted octanol–water partition coefficient (Wildman–Crippen LogP) is -0.898. The van der Waals surface area contributed by atoms with Gasteiger partial charge in [0.25, 0.3) is 0 Å². The van der Waals surface area contributed by atoms with E-state index in [0.29, 0.717) is 26.2 Å². The van der Waals surface area contributed by atoms with Crippen LogP contribution in [0.4, 0.5) is 0 Å². The van der Waals surface area contributed by atoms with Gasteiger partial charge in [0.2, 0.25) is 11.8 Å². The highest BCUT2D eigenvalue weighted by Crippen LogP contribution is 2.19. The van der Waals surface area contributed by atoms with Crippen molar-refractivity contribution in [3.63, 3.8) is 0 Å². The molecule has 2 aliphatic heterocycles. The summed E-state index contributed by atoms with van der Waals surface area (Å²) < 4.78 is 5.33. The Balaban J connectivity index is 1.89. The second kappa shape index (κ2) is 6.15. The average molecular weight is 255 g/mol. The molecule has 2 heterocycles. The van der Waals surface area contributed by atoms with E-state index in [9.17, 15) is 9.59 Å². The molecule has 18 heavy (non-hydrogen) atoms. The second-order valence-electron chi connectivity index (χ2n) is 4.79. The topological polar surface area (TPSA) is 70.7 Å². The van der Waals surface area contributed by atoms with Gasteiger partial charge in [-0.05, 0) is 12.8 Å². The highest BCUT2D eigenvalue weighted by molar-refractivity contribution is 5.88. The SMILES string of the molecule is CNC(=O)C1CCCN1C(=O)CC1COCCN1. The van der Waals surface area contributed by atoms with E-state index in [-0.39, 0.29) is 23.9 Å². The average Bonchev–Trinajstić information content (AvgIpc) is 2.88. The molecule has 0 aliphatic carbocycles. The number of carbonyl (C=O) groups is 2. The summed E-state index contributed by atoms with van der Waals surface area (Å²) in [5.74, 6) is -0.0159. The van der Waals surface area contributed by atoms with Crippen molar-refractivity contribution in [1.29, 1.82) is 0 Å². The number of amides is 2. The number of nitrogens with one attached hydrogen (secondary N) is 2. The van der Waals surface area contributed by atoms with Crippen molar-refractivity contribution in [1.82, 2.24) is 15.5 Å². The largest absolute Gasteiger partial charge is 0.378 e. The Morgan fingerprint density at radius 1 is 1.50 bits per heavy atom. The van der Waals surface area contributed by atoms with Crippen LogP contribution in [0.1, 0.15) is 19.3 Å². The Morgan fingerprint density at radius 3 is 3.00 bits per heavy atom. The van der Waals surface area contributed by atoms with Crippen LogP contribution in [0.2, 0.25) is 0 Å². The van der Waals surface area contributed by atoms with Gasteiger partial charge < -0.3 is 20.3 Å². The molecular weight excluding hydrogens is 234 g/mol. The van der Waals surface area contributed by atoms with Crippen LogP contribution in [-0.2, 0) is 14.3 Å². The van der Waals surface area contributed by atoms with Gasteiger partial charge >= 0.3 is 0 Å². The van der Waals surface area contributed by atoms with Gasteiger partial charge in [-0.2, -0.15) is 0 Å². The van der Waals surface area contributed by atoms with Gasteiger partial charge in [0.15, 0.2) is 0 Å². The zero-order valence-electron chi connectivity index (χ0n) is 10.8. The first-order valence-corrected chi connectivity index (χ1v) is 6.54. The molecule has 6 heteroatoms. The molecule has 6 nitrogen and oxygen atoms in total. The van der Waals surface area contributed by atoms with E-state index in [1.807, 2.05) is 0 Å². The maximum atomic E-state index is 12.2. The summed E-state index contributed by atoms with van der Waals surface area (Å²) in [6.45, 7) is 2.75. The quantitative estimate of drug-likeness (QED) is 0.686. The molecule has 0 aromatic carbocycles. The maximum absolute atomic E-state index is 12.2. The lowest BCUT2D eigenvalue weighted by Gasteiger charge is -2.28. The number of rotatable bonds is 3. The number of likely N-dealkylation sites (tertiary alicyclic amines) is 1. The van der Waals surface area contributed by atoms with Crippen molar-refractivity contribution >= 4 is 11.8 Å². The third-order valence-electron chi connectivity index (χ3n) is 3.54. The highest BCUT2D eigenvalue weighted by atomic mass is 16.5. The predicted molar refractivity (Wildman–Crippen MR) is 66.0 cm³/mol. The summed E-state index contributed by atoms with van der Waals surface area (Å²) in [6.07, 6.45) is 2.08. The maximum Gasteiger partial charge on any atom is 0.242 e. The first-order valence-electron chi connectivity index (χ1n) is 6.54. The van der Waals surface area contributed by atoms with Crippen molar-refractivity contribution in [2.24, 2.45) is 0 Å². The van der Waals surface area contributed by atoms with Crippen LogP contribution in [-0.4, -0.2) is 62.1 Å². The Labute approximate surface area is 107 Å². The number of carbonyl (C=O) groups excluding carboxylic acids is 2. The van der Waals surface area contributed by atoms with Crippen LogP contribution >= 0.6 is 0 Å². The standard InChI is InChI=1S/C12H21N3O3/c1-13-12(17)10-3-2-5-15(10)11(16)7-9-8-18-6-4-14-9/h9-10,14H,2-8H2,1H3,(H,13,17). The van der Waals surface area contributed by atoms with Gasteiger partial charge in [-0.3, -0.25) is 9.59 Å². The number of likely N-dealkylation sites (N-methyl/N-ethyl adjacent to an activating group) is 1. The Hall–Kier alpha value is -1.14. The summed E-state index contributed by atoms with van der Waals surface area (Å²) in [5, 5.41) is 5.88. The lowest BCUT2D eigenvalue weighted by Crippen LogP contribution is -2.49. The number of ether oxygens (including phenoxy) is 1. The van der Waals surface area contributed by atoms with Crippen LogP contribution < -0.4 is 10.6 Å². The molecule has 2 fully saturated rings. The molecule has 102 valence electrons. The molecule has 2 saturated heterocycles. The zero-order chi connectivity index (χ0) is 13.0. The monoisotopic (exact) mass is 255 g/mol. The molecule has 2 amide bonds. The van der Waals surface area contributed by atoms with Crippen LogP contribution in [0.5, 0.6) is 0 Å². The number of morpholine rings is 1. The molecule has 2 atom stereocenters. The first kappa shape index (κ1) is 13.3. The van der Waals surface area contributed by atoms with Crippen molar-refractivity contribution < 1.29 is 14.3 Å². The van der Waals surface area contributed by atoms with Gasteiger partial charge in [0.1, 0.15) is 6.04 Å². The molecule has 0 aromatic heterocycles. The minimum atomic E-state index is -0.285. The lowest BCUT2D eigenvalue weighted by molar-refractivity contribution is -0.139. The van der Waals surface area contributed by atoms with Gasteiger partial charge in [0, 0.05) is 32.6 Å². The van der Waals surface area contributed by atoms with E-state index in [1.54, 1.807) is 11.9 Å². The fourth-order valence-electron chi connectivity index (χ4n) is 2.58. The normalized spacial score (nSPS) is 28.2. The first-order chi connectivity index (χ1) is 8.72. The van der Waals surface area contributed by atoms with Crippen molar-refractivity contribution in [2.45, 2.75) is 31.3 Å². The molecule has 2 aliphatic rings. The second-order valence-corrected chi connectivity index (χ2v) is 4.79. The molecule has 2 N–H and O–H groups in total. The van der Waals surface area contributed by atoms with E-state index in [0.717, 1.165) is 19.4 Å². The minimum absolute atomic E-state index is 0.0455. The minimum Gasteiger partial charge on any atom is -0.378 e. The zero-order valence-corrected chi connectivity index (χ0v) is 10.8. The fraction of sp³-hybridized carbons (Fsp3) is 0.833. The van der Waals surface area contributed by atoms with E-state index in [1.165, 1.54) is 0 Å². The summed E-state index contributed by atoms with van der Waals surface area (Å²) in [4.78, 5) is 25.6. The summed E-state index contributed by atoms with van der Waals surface area (Å²) in [7, 11) is 1.61. The lowest BCUT2D eigenvalue weighted by atomic mass is 10.1. The van der Waals surface area contributed by atoms with Gasteiger partial charge in [0.05, 0.1) is 13.2 Å². The van der Waals surface area contributed by atoms with E-state index in [4.69, 9.17) is 4.74 Å². The smallest absolute Gasteiger partial charge is 0.242 e. The molecule has 2 rings (SSSR count). The molecule has 0 spiro atoms. The van der Waals surface area contributed by atoms with E-state index >= 15 is 0 Å². The Morgan fingerprint density at radius 2 is 2.33 bits per heavy atom. The highest BCUT2D eigenvalue weighted by Gasteiger charge is 2.34. The van der Waals surface area contributed by atoms with Crippen LogP contribution in [0, 0.1) is 0 Å². The van der Waals surface area contributed by atoms with E-state index in [2.05, 4.69) is 10.6 Å². The molecule has 2 unspecified atom stereocenters. The van der Waals surface area contributed by atoms with Crippen LogP contribution in [0.15, 0.2) is 0 Å². The van der Waals surface area contributed by atoms with Crippen LogP contribution in [0.3, 0.4) is 0 Å². The Kier molecular flexibility index (Phi) is 4.54. The fourth-order valence-corrected chi connectivity index (χ4v) is 2.58. The molecule has 0 radical (unpaired) electrons. The Bertz CT molecular complexity index is 316. The van der Waals surface area contributed by atoms with Gasteiger partial charge in [-0.1, -0.05) is 0 Å². The summed E-state index contributed by atoms with van der Waals surface area (Å²) in [6, 6.07) is -0.204. The van der Waals surface area contributed by atoms with Crippen molar-refractivity contribution in [2.75, 3.05) is 33.4 Å². The molecule has 0 aromatic rings. The number of hydrogen-bond acceptors (Lipinski definition) is 4. The van der Waals surface area contributed by atoms with Gasteiger partial charge in [-0.25, -0.2) is 0 Å². The summed E-state index contributed by atoms with van der Waals surface area (Å²) in [5.41, 5.74) is 0. The van der Waals surface area contributed by atoms with Gasteiger partial charge in [-0.15, -0.1) is 0 Å². The van der Waals surface area contributed by atoms with Crippen molar-refractivity contribution in [3.8, 4) is 0 Å². The van der Waals surface area contributed by atoms with Crippen molar-refractivity contribution in [3.05, 3.63) is 0 Å². The number of nitrogens with zero attached hydrogens (tertiary/aromatic N) is 1. The van der Waals surface area contributed by atoms with E-state index < -0.39 is 0 Å². The van der Waals surface area contributed by atoms with Crippen LogP contribution in [0.25, 0.3) is 0 Å². The number of hydrogen-bond donors (Lipinski definition) is 2. The third-order valence-corrected chi connectivity index (χ3v) is 3.54. The third kappa shape index (κ3) is 3.00.